The van der Waals surface area contributed by atoms with Crippen LogP contribution in [0.25, 0.3) is 0 Å². The molecule has 1 aromatic rings. The summed E-state index contributed by atoms with van der Waals surface area (Å²) in [6.07, 6.45) is 0. The van der Waals surface area contributed by atoms with Gasteiger partial charge in [-0.05, 0) is 6.07 Å². The van der Waals surface area contributed by atoms with E-state index in [0.717, 1.165) is 12.1 Å². The molecule has 4 nitrogen and oxygen atoms in total. The topological polar surface area (TPSA) is 72.5 Å². The Morgan fingerprint density at radius 1 is 1.64 bits per heavy atom. The molecule has 76 valence electrons. The van der Waals surface area contributed by atoms with Crippen LogP contribution in [0.5, 0.6) is 5.75 Å². The van der Waals surface area contributed by atoms with Gasteiger partial charge in [0.15, 0.2) is 0 Å². The zero-order valence-corrected chi connectivity index (χ0v) is 7.53. The molecule has 5 heteroatoms. The quantitative estimate of drug-likeness (QED) is 0.759. The molecule has 0 fully saturated rings. The Balaban J connectivity index is 3.13. The van der Waals surface area contributed by atoms with Gasteiger partial charge in [0.05, 0.1) is 7.11 Å². The average Bonchev–Trinajstić information content (AvgIpc) is 2.16. The fourth-order valence-electron chi connectivity index (χ4n) is 1.07. The number of benzene rings is 1. The van der Waals surface area contributed by atoms with Crippen LogP contribution < -0.4 is 10.5 Å². The molecule has 3 N–H and O–H groups in total. The summed E-state index contributed by atoms with van der Waals surface area (Å²) in [5, 5.41) is 8.65. The molecule has 0 saturated carbocycles. The van der Waals surface area contributed by atoms with Crippen LogP contribution in [-0.4, -0.2) is 18.2 Å². The summed E-state index contributed by atoms with van der Waals surface area (Å²) < 4.78 is 17.5. The fraction of sp³-hybridized carbons (Fsp3) is 0.222. The lowest BCUT2D eigenvalue weighted by Crippen LogP contribution is -2.21. The average molecular weight is 199 g/mol. The zero-order chi connectivity index (χ0) is 10.7. The van der Waals surface area contributed by atoms with E-state index in [2.05, 4.69) is 0 Å². The van der Waals surface area contributed by atoms with Gasteiger partial charge < -0.3 is 15.6 Å². The van der Waals surface area contributed by atoms with Crippen molar-refractivity contribution in [2.24, 2.45) is 5.73 Å². The maximum absolute atomic E-state index is 12.7. The van der Waals surface area contributed by atoms with Crippen molar-refractivity contribution >= 4 is 5.97 Å². The number of ether oxygens (including phenoxy) is 1. The number of carbonyl (C=O) groups is 1. The summed E-state index contributed by atoms with van der Waals surface area (Å²) in [5.74, 6) is -1.54. The van der Waals surface area contributed by atoms with Gasteiger partial charge in [-0.1, -0.05) is 6.07 Å². The summed E-state index contributed by atoms with van der Waals surface area (Å²) in [4.78, 5) is 10.6. The molecule has 0 amide bonds. The van der Waals surface area contributed by atoms with E-state index >= 15 is 0 Å². The van der Waals surface area contributed by atoms with Gasteiger partial charge in [-0.3, -0.25) is 4.79 Å². The molecule has 0 aliphatic carbocycles. The van der Waals surface area contributed by atoms with E-state index in [1.54, 1.807) is 0 Å². The molecule has 1 atom stereocenters. The third-order valence-corrected chi connectivity index (χ3v) is 1.80. The second-order valence-electron chi connectivity index (χ2n) is 2.70. The third-order valence-electron chi connectivity index (χ3n) is 1.80. The van der Waals surface area contributed by atoms with Gasteiger partial charge in [0.2, 0.25) is 0 Å². The van der Waals surface area contributed by atoms with Gasteiger partial charge in [0.1, 0.15) is 17.6 Å². The lowest BCUT2D eigenvalue weighted by molar-refractivity contribution is -0.138. The summed E-state index contributed by atoms with van der Waals surface area (Å²) in [7, 11) is 1.33. The molecule has 0 aliphatic rings. The molecule has 14 heavy (non-hydrogen) atoms. The lowest BCUT2D eigenvalue weighted by Gasteiger charge is -2.11. The smallest absolute Gasteiger partial charge is 0.325 e. The minimum Gasteiger partial charge on any atom is -0.496 e. The molecule has 0 heterocycles. The van der Waals surface area contributed by atoms with Crippen LogP contribution in [0.1, 0.15) is 11.6 Å². The number of nitrogens with two attached hydrogens (primary N) is 1. The first-order valence-corrected chi connectivity index (χ1v) is 3.88. The Kier molecular flexibility index (Phi) is 3.03. The van der Waals surface area contributed by atoms with Crippen molar-refractivity contribution in [1.29, 1.82) is 0 Å². The van der Waals surface area contributed by atoms with E-state index in [0.29, 0.717) is 0 Å². The van der Waals surface area contributed by atoms with Crippen molar-refractivity contribution in [2.45, 2.75) is 6.04 Å². The van der Waals surface area contributed by atoms with E-state index in [-0.39, 0.29) is 11.3 Å². The Hall–Kier alpha value is -1.62. The highest BCUT2D eigenvalue weighted by atomic mass is 19.1. The molecule has 0 radical (unpaired) electrons. The van der Waals surface area contributed by atoms with Crippen LogP contribution in [0.3, 0.4) is 0 Å². The fourth-order valence-corrected chi connectivity index (χ4v) is 1.07. The summed E-state index contributed by atoms with van der Waals surface area (Å²) in [5.41, 5.74) is 5.61. The standard InChI is InChI=1S/C9H10FNO3/c1-14-7-4-5(10)2-3-6(7)8(11)9(12)13/h2-4,8H,11H2,1H3,(H,12,13). The van der Waals surface area contributed by atoms with Gasteiger partial charge >= 0.3 is 5.97 Å². The van der Waals surface area contributed by atoms with Crippen molar-refractivity contribution in [1.82, 2.24) is 0 Å². The summed E-state index contributed by atoms with van der Waals surface area (Å²) >= 11 is 0. The van der Waals surface area contributed by atoms with Crippen molar-refractivity contribution in [2.75, 3.05) is 7.11 Å². The Morgan fingerprint density at radius 2 is 2.29 bits per heavy atom. The molecule has 0 bridgehead atoms. The molecular formula is C9H10FNO3. The minimum absolute atomic E-state index is 0.139. The van der Waals surface area contributed by atoms with Crippen LogP contribution in [-0.2, 0) is 4.79 Å². The Labute approximate surface area is 80.1 Å². The predicted octanol–water partition coefficient (Wildman–Crippen LogP) is 0.919. The van der Waals surface area contributed by atoms with Gasteiger partial charge in [0.25, 0.3) is 0 Å². The molecular weight excluding hydrogens is 189 g/mol. The van der Waals surface area contributed by atoms with Gasteiger partial charge in [0, 0.05) is 11.6 Å². The summed E-state index contributed by atoms with van der Waals surface area (Å²) in [6, 6.07) is 2.33. The highest BCUT2D eigenvalue weighted by Gasteiger charge is 2.18. The van der Waals surface area contributed by atoms with E-state index in [1.807, 2.05) is 0 Å². The molecule has 1 aromatic carbocycles. The van der Waals surface area contributed by atoms with Crippen LogP contribution in [0, 0.1) is 5.82 Å². The van der Waals surface area contributed by atoms with Crippen LogP contribution >= 0.6 is 0 Å². The first-order chi connectivity index (χ1) is 6.56. The van der Waals surface area contributed by atoms with Gasteiger partial charge in [-0.15, -0.1) is 0 Å². The number of hydrogen-bond acceptors (Lipinski definition) is 3. The van der Waals surface area contributed by atoms with E-state index in [4.69, 9.17) is 15.6 Å². The minimum atomic E-state index is -1.20. The van der Waals surface area contributed by atoms with Gasteiger partial charge in [-0.25, -0.2) is 4.39 Å². The normalized spacial score (nSPS) is 12.2. The summed E-state index contributed by atoms with van der Waals surface area (Å²) in [6.45, 7) is 0. The molecule has 0 aliphatic heterocycles. The Bertz CT molecular complexity index is 354. The number of aliphatic carboxylic acids is 1. The van der Waals surface area contributed by atoms with Crippen molar-refractivity contribution in [3.8, 4) is 5.75 Å². The lowest BCUT2D eigenvalue weighted by atomic mass is 10.1. The molecule has 0 saturated heterocycles. The number of methoxy groups -OCH3 is 1. The Morgan fingerprint density at radius 3 is 2.79 bits per heavy atom. The number of halogens is 1. The maximum atomic E-state index is 12.7. The van der Waals surface area contributed by atoms with E-state index < -0.39 is 17.8 Å². The first-order valence-electron chi connectivity index (χ1n) is 3.88. The van der Waals surface area contributed by atoms with E-state index in [1.165, 1.54) is 13.2 Å². The molecule has 1 rings (SSSR count). The van der Waals surface area contributed by atoms with Crippen molar-refractivity contribution < 1.29 is 19.0 Å². The van der Waals surface area contributed by atoms with Crippen molar-refractivity contribution in [3.05, 3.63) is 29.6 Å². The number of hydrogen-bond donors (Lipinski definition) is 2. The van der Waals surface area contributed by atoms with Gasteiger partial charge in [-0.2, -0.15) is 0 Å². The highest BCUT2D eigenvalue weighted by Crippen LogP contribution is 2.24. The van der Waals surface area contributed by atoms with Crippen molar-refractivity contribution in [3.63, 3.8) is 0 Å². The third kappa shape index (κ3) is 2.00. The first kappa shape index (κ1) is 10.5. The zero-order valence-electron chi connectivity index (χ0n) is 7.53. The monoisotopic (exact) mass is 199 g/mol. The largest absolute Gasteiger partial charge is 0.496 e. The van der Waals surface area contributed by atoms with Crippen LogP contribution in [0.15, 0.2) is 18.2 Å². The second-order valence-corrected chi connectivity index (χ2v) is 2.70. The molecule has 1 unspecified atom stereocenters. The molecule has 0 aromatic heterocycles. The number of carboxylic acid groups (broad SMARTS) is 1. The second kappa shape index (κ2) is 4.06. The number of carboxylic acids is 1. The highest BCUT2D eigenvalue weighted by molar-refractivity contribution is 5.76. The van der Waals surface area contributed by atoms with E-state index in [9.17, 15) is 9.18 Å². The molecule has 0 spiro atoms. The van der Waals surface area contributed by atoms with Crippen LogP contribution in [0.2, 0.25) is 0 Å². The maximum Gasteiger partial charge on any atom is 0.325 e. The predicted molar refractivity (Wildman–Crippen MR) is 47.5 cm³/mol. The SMILES string of the molecule is COc1cc(F)ccc1C(N)C(=O)O. The number of rotatable bonds is 3. The van der Waals surface area contributed by atoms with Crippen LogP contribution in [0.4, 0.5) is 4.39 Å².